The van der Waals surface area contributed by atoms with Gasteiger partial charge in [0.15, 0.2) is 0 Å². The number of hydrogen-bond acceptors (Lipinski definition) is 2. The second-order valence-corrected chi connectivity index (χ2v) is 5.63. The third kappa shape index (κ3) is 2.76. The van der Waals surface area contributed by atoms with Gasteiger partial charge in [0.1, 0.15) is 0 Å². The van der Waals surface area contributed by atoms with Crippen molar-refractivity contribution in [2.24, 2.45) is 11.8 Å². The van der Waals surface area contributed by atoms with Gasteiger partial charge in [0, 0.05) is 19.3 Å². The van der Waals surface area contributed by atoms with Crippen molar-refractivity contribution < 1.29 is 4.74 Å². The molecule has 3 atom stereocenters. The van der Waals surface area contributed by atoms with Gasteiger partial charge < -0.3 is 10.1 Å². The average molecular weight is 247 g/mol. The summed E-state index contributed by atoms with van der Waals surface area (Å²) >= 11 is 0. The fraction of sp³-hybridized carbons (Fsp3) is 0.625. The van der Waals surface area contributed by atoms with Gasteiger partial charge in [-0.15, -0.1) is 0 Å². The quantitative estimate of drug-likeness (QED) is 0.885. The Balaban J connectivity index is 2.26. The molecular formula is C16H25NO. The standard InChI is InChI=1S/C16H25NO/c1-11-5-6-14(12(2)9-11)16(17-4)15-7-8-18-10-13(15)3/h5-6,9,13,15-17H,7-8,10H2,1-4H3. The summed E-state index contributed by atoms with van der Waals surface area (Å²) in [6, 6.07) is 7.23. The lowest BCUT2D eigenvalue weighted by atomic mass is 9.79. The van der Waals surface area contributed by atoms with E-state index in [1.165, 1.54) is 16.7 Å². The average Bonchev–Trinajstić information content (AvgIpc) is 2.34. The first-order valence-electron chi connectivity index (χ1n) is 6.95. The van der Waals surface area contributed by atoms with Crippen LogP contribution in [0.4, 0.5) is 0 Å². The van der Waals surface area contributed by atoms with Crippen LogP contribution in [-0.4, -0.2) is 20.3 Å². The molecule has 1 fully saturated rings. The van der Waals surface area contributed by atoms with Gasteiger partial charge in [0.25, 0.3) is 0 Å². The fourth-order valence-electron chi connectivity index (χ4n) is 3.17. The smallest absolute Gasteiger partial charge is 0.0494 e. The van der Waals surface area contributed by atoms with Gasteiger partial charge in [-0.1, -0.05) is 30.7 Å². The van der Waals surface area contributed by atoms with Crippen LogP contribution in [0.25, 0.3) is 0 Å². The van der Waals surface area contributed by atoms with Gasteiger partial charge in [-0.05, 0) is 50.3 Å². The molecule has 1 N–H and O–H groups in total. The molecule has 1 aromatic carbocycles. The molecule has 0 saturated carbocycles. The Morgan fingerprint density at radius 2 is 2.11 bits per heavy atom. The summed E-state index contributed by atoms with van der Waals surface area (Å²) < 4.78 is 5.56. The first kappa shape index (κ1) is 13.6. The zero-order chi connectivity index (χ0) is 13.1. The molecular weight excluding hydrogens is 222 g/mol. The molecule has 3 unspecified atom stereocenters. The highest BCUT2D eigenvalue weighted by Gasteiger charge is 2.30. The molecule has 1 heterocycles. The van der Waals surface area contributed by atoms with Crippen LogP contribution in [0, 0.1) is 25.7 Å². The van der Waals surface area contributed by atoms with E-state index in [2.05, 4.69) is 51.3 Å². The lowest BCUT2D eigenvalue weighted by Gasteiger charge is -2.36. The minimum absolute atomic E-state index is 0.449. The van der Waals surface area contributed by atoms with Crippen LogP contribution in [0.1, 0.15) is 36.1 Å². The highest BCUT2D eigenvalue weighted by molar-refractivity contribution is 5.33. The number of hydrogen-bond donors (Lipinski definition) is 1. The maximum atomic E-state index is 5.56. The Kier molecular flexibility index (Phi) is 4.41. The molecule has 0 bridgehead atoms. The normalized spacial score (nSPS) is 26.0. The van der Waals surface area contributed by atoms with Crippen molar-refractivity contribution in [3.8, 4) is 0 Å². The minimum atomic E-state index is 0.449. The summed E-state index contributed by atoms with van der Waals surface area (Å²) in [6.07, 6.45) is 1.15. The van der Waals surface area contributed by atoms with Crippen molar-refractivity contribution in [2.45, 2.75) is 33.2 Å². The topological polar surface area (TPSA) is 21.3 Å². The summed E-state index contributed by atoms with van der Waals surface area (Å²) in [5.74, 6) is 1.29. The zero-order valence-corrected chi connectivity index (χ0v) is 12.0. The molecule has 1 aromatic rings. The Hall–Kier alpha value is -0.860. The molecule has 2 nitrogen and oxygen atoms in total. The predicted octanol–water partition coefficient (Wildman–Crippen LogP) is 3.24. The highest BCUT2D eigenvalue weighted by Crippen LogP contribution is 2.34. The number of benzene rings is 1. The number of aryl methyl sites for hydroxylation is 2. The molecule has 1 saturated heterocycles. The van der Waals surface area contributed by atoms with E-state index in [9.17, 15) is 0 Å². The van der Waals surface area contributed by atoms with E-state index in [-0.39, 0.29) is 0 Å². The van der Waals surface area contributed by atoms with Crippen molar-refractivity contribution in [1.82, 2.24) is 5.32 Å². The van der Waals surface area contributed by atoms with Gasteiger partial charge >= 0.3 is 0 Å². The molecule has 1 aliphatic heterocycles. The summed E-state index contributed by atoms with van der Waals surface area (Å²) in [5, 5.41) is 3.52. The Morgan fingerprint density at radius 1 is 1.33 bits per heavy atom. The Labute approximate surface area is 111 Å². The van der Waals surface area contributed by atoms with Gasteiger partial charge in [-0.2, -0.15) is 0 Å². The van der Waals surface area contributed by atoms with E-state index in [1.807, 2.05) is 0 Å². The van der Waals surface area contributed by atoms with Crippen LogP contribution < -0.4 is 5.32 Å². The number of rotatable bonds is 3. The zero-order valence-electron chi connectivity index (χ0n) is 12.0. The van der Waals surface area contributed by atoms with Crippen LogP contribution in [0.2, 0.25) is 0 Å². The SMILES string of the molecule is CNC(c1ccc(C)cc1C)C1CCOCC1C. The second-order valence-electron chi connectivity index (χ2n) is 5.63. The van der Waals surface area contributed by atoms with Gasteiger partial charge in [-0.3, -0.25) is 0 Å². The van der Waals surface area contributed by atoms with Crippen molar-refractivity contribution in [2.75, 3.05) is 20.3 Å². The largest absolute Gasteiger partial charge is 0.381 e. The van der Waals surface area contributed by atoms with E-state index in [1.54, 1.807) is 0 Å². The van der Waals surface area contributed by atoms with Crippen LogP contribution in [0.5, 0.6) is 0 Å². The van der Waals surface area contributed by atoms with Crippen LogP contribution in [-0.2, 0) is 4.74 Å². The molecule has 2 rings (SSSR count). The van der Waals surface area contributed by atoms with E-state index in [4.69, 9.17) is 4.74 Å². The molecule has 0 aromatic heterocycles. The summed E-state index contributed by atoms with van der Waals surface area (Å²) in [6.45, 7) is 8.47. The molecule has 0 radical (unpaired) electrons. The monoisotopic (exact) mass is 247 g/mol. The third-order valence-corrected chi connectivity index (χ3v) is 4.21. The van der Waals surface area contributed by atoms with Crippen LogP contribution >= 0.6 is 0 Å². The Morgan fingerprint density at radius 3 is 2.72 bits per heavy atom. The predicted molar refractivity (Wildman–Crippen MR) is 75.8 cm³/mol. The van der Waals surface area contributed by atoms with Gasteiger partial charge in [0.05, 0.1) is 0 Å². The van der Waals surface area contributed by atoms with E-state index in [0.717, 1.165) is 19.6 Å². The van der Waals surface area contributed by atoms with Crippen molar-refractivity contribution in [3.05, 3.63) is 34.9 Å². The minimum Gasteiger partial charge on any atom is -0.381 e. The van der Waals surface area contributed by atoms with Crippen LogP contribution in [0.15, 0.2) is 18.2 Å². The highest BCUT2D eigenvalue weighted by atomic mass is 16.5. The van der Waals surface area contributed by atoms with E-state index < -0.39 is 0 Å². The molecule has 18 heavy (non-hydrogen) atoms. The van der Waals surface area contributed by atoms with Gasteiger partial charge in [0.2, 0.25) is 0 Å². The molecule has 0 spiro atoms. The molecule has 0 amide bonds. The summed E-state index contributed by atoms with van der Waals surface area (Å²) in [7, 11) is 2.08. The van der Waals surface area contributed by atoms with Crippen molar-refractivity contribution in [1.29, 1.82) is 0 Å². The second kappa shape index (κ2) is 5.85. The summed E-state index contributed by atoms with van der Waals surface area (Å²) in [4.78, 5) is 0. The first-order chi connectivity index (χ1) is 8.63. The van der Waals surface area contributed by atoms with E-state index >= 15 is 0 Å². The molecule has 2 heteroatoms. The van der Waals surface area contributed by atoms with E-state index in [0.29, 0.717) is 17.9 Å². The van der Waals surface area contributed by atoms with Gasteiger partial charge in [-0.25, -0.2) is 0 Å². The lowest BCUT2D eigenvalue weighted by Crippen LogP contribution is -2.35. The maximum absolute atomic E-state index is 5.56. The lowest BCUT2D eigenvalue weighted by molar-refractivity contribution is 0.0115. The maximum Gasteiger partial charge on any atom is 0.0494 e. The molecule has 100 valence electrons. The number of ether oxygens (including phenoxy) is 1. The number of nitrogens with one attached hydrogen (secondary N) is 1. The molecule has 0 aliphatic carbocycles. The summed E-state index contributed by atoms with van der Waals surface area (Å²) in [5.41, 5.74) is 4.18. The Bertz CT molecular complexity index is 402. The fourth-order valence-corrected chi connectivity index (χ4v) is 3.17. The molecule has 1 aliphatic rings. The van der Waals surface area contributed by atoms with Crippen molar-refractivity contribution in [3.63, 3.8) is 0 Å². The van der Waals surface area contributed by atoms with Crippen molar-refractivity contribution >= 4 is 0 Å². The van der Waals surface area contributed by atoms with Crippen LogP contribution in [0.3, 0.4) is 0 Å². The third-order valence-electron chi connectivity index (χ3n) is 4.21. The first-order valence-corrected chi connectivity index (χ1v) is 6.95.